The molecule has 1 fully saturated rings. The van der Waals surface area contributed by atoms with Crippen molar-refractivity contribution in [1.29, 1.82) is 0 Å². The molecule has 2 heterocycles. The first kappa shape index (κ1) is 19.6. The van der Waals surface area contributed by atoms with E-state index < -0.39 is 0 Å². The Morgan fingerprint density at radius 3 is 2.38 bits per heavy atom. The zero-order chi connectivity index (χ0) is 18.2. The molecule has 0 amide bonds. The summed E-state index contributed by atoms with van der Waals surface area (Å²) in [5.41, 5.74) is 2.24. The number of hydrogen-bond donors (Lipinski definition) is 0. The van der Waals surface area contributed by atoms with E-state index in [-0.39, 0.29) is 0 Å². The molecule has 0 N–H and O–H groups in total. The van der Waals surface area contributed by atoms with Crippen molar-refractivity contribution in [3.63, 3.8) is 0 Å². The van der Waals surface area contributed by atoms with E-state index in [1.807, 2.05) is 30.6 Å². The molecular weight excluding hydrogens is 369 g/mol. The molecule has 2 aromatic rings. The predicted octanol–water partition coefficient (Wildman–Crippen LogP) is 4.11. The van der Waals surface area contributed by atoms with E-state index in [2.05, 4.69) is 26.9 Å². The molecule has 1 saturated heterocycles. The number of benzene rings is 1. The highest BCUT2D eigenvalue weighted by atomic mass is 35.5. The minimum absolute atomic E-state index is 0.727. The number of hydrogen-bond acceptors (Lipinski definition) is 4. The van der Waals surface area contributed by atoms with Gasteiger partial charge in [-0.1, -0.05) is 29.3 Å². The molecule has 1 aromatic carbocycles. The van der Waals surface area contributed by atoms with Crippen LogP contribution in [0.4, 0.5) is 0 Å². The van der Waals surface area contributed by atoms with Crippen molar-refractivity contribution >= 4 is 23.2 Å². The highest BCUT2D eigenvalue weighted by molar-refractivity contribution is 6.35. The van der Waals surface area contributed by atoms with E-state index in [4.69, 9.17) is 27.9 Å². The fourth-order valence-electron chi connectivity index (χ4n) is 3.21. The van der Waals surface area contributed by atoms with Gasteiger partial charge in [-0.15, -0.1) is 0 Å². The molecule has 1 aromatic heterocycles. The van der Waals surface area contributed by atoms with E-state index in [0.717, 1.165) is 74.5 Å². The summed E-state index contributed by atoms with van der Waals surface area (Å²) < 4.78 is 5.42. The molecule has 1 aliphatic rings. The summed E-state index contributed by atoms with van der Waals surface area (Å²) in [6.07, 6.45) is 4.78. The Labute approximate surface area is 165 Å². The van der Waals surface area contributed by atoms with Gasteiger partial charge in [-0.3, -0.25) is 14.8 Å². The average molecular weight is 394 g/mol. The molecule has 0 aliphatic carbocycles. The molecule has 26 heavy (non-hydrogen) atoms. The van der Waals surface area contributed by atoms with Crippen LogP contribution in [0.1, 0.15) is 17.5 Å². The lowest BCUT2D eigenvalue weighted by Gasteiger charge is -2.28. The smallest absolute Gasteiger partial charge is 0.0594 e. The second-order valence-corrected chi connectivity index (χ2v) is 7.39. The maximum Gasteiger partial charge on any atom is 0.0594 e. The average Bonchev–Trinajstić information content (AvgIpc) is 2.66. The molecule has 4 nitrogen and oxygen atoms in total. The van der Waals surface area contributed by atoms with E-state index >= 15 is 0 Å². The number of rotatable bonds is 8. The molecule has 1 aliphatic heterocycles. The van der Waals surface area contributed by atoms with Gasteiger partial charge in [0.2, 0.25) is 0 Å². The number of morpholine rings is 1. The third-order valence-corrected chi connectivity index (χ3v) is 5.36. The minimum Gasteiger partial charge on any atom is -0.379 e. The maximum atomic E-state index is 6.39. The lowest BCUT2D eigenvalue weighted by molar-refractivity contribution is 0.0359. The monoisotopic (exact) mass is 393 g/mol. The molecule has 6 heteroatoms. The Kier molecular flexibility index (Phi) is 7.71. The number of ether oxygens (including phenoxy) is 1. The quantitative estimate of drug-likeness (QED) is 0.674. The predicted molar refractivity (Wildman–Crippen MR) is 107 cm³/mol. The van der Waals surface area contributed by atoms with Crippen molar-refractivity contribution in [3.05, 3.63) is 63.9 Å². The first-order valence-corrected chi connectivity index (χ1v) is 9.82. The van der Waals surface area contributed by atoms with Crippen LogP contribution in [0.3, 0.4) is 0 Å². The van der Waals surface area contributed by atoms with Gasteiger partial charge >= 0.3 is 0 Å². The molecule has 0 saturated carbocycles. The van der Waals surface area contributed by atoms with Crippen molar-refractivity contribution < 1.29 is 4.74 Å². The van der Waals surface area contributed by atoms with Crippen LogP contribution in [0.15, 0.2) is 42.7 Å². The van der Waals surface area contributed by atoms with Gasteiger partial charge in [-0.05, 0) is 42.8 Å². The van der Waals surface area contributed by atoms with Crippen LogP contribution in [0.2, 0.25) is 10.0 Å². The summed E-state index contributed by atoms with van der Waals surface area (Å²) >= 11 is 12.8. The van der Waals surface area contributed by atoms with Gasteiger partial charge in [0, 0.05) is 60.7 Å². The maximum absolute atomic E-state index is 6.39. The largest absolute Gasteiger partial charge is 0.379 e. The van der Waals surface area contributed by atoms with Gasteiger partial charge in [-0.2, -0.15) is 0 Å². The second kappa shape index (κ2) is 10.2. The minimum atomic E-state index is 0.727. The third-order valence-electron chi connectivity index (χ3n) is 4.65. The van der Waals surface area contributed by atoms with Crippen LogP contribution in [-0.4, -0.2) is 54.2 Å². The molecule has 0 atom stereocenters. The number of pyridine rings is 1. The number of nitrogens with zero attached hydrogens (tertiary/aromatic N) is 3. The fraction of sp³-hybridized carbons (Fsp3) is 0.450. The lowest BCUT2D eigenvalue weighted by atomic mass is 10.1. The Bertz CT molecular complexity index is 658. The van der Waals surface area contributed by atoms with Crippen LogP contribution in [0.25, 0.3) is 0 Å². The second-order valence-electron chi connectivity index (χ2n) is 6.57. The first-order chi connectivity index (χ1) is 12.7. The molecule has 0 radical (unpaired) electrons. The Balaban J connectivity index is 1.63. The zero-order valence-corrected chi connectivity index (χ0v) is 16.4. The van der Waals surface area contributed by atoms with Crippen LogP contribution >= 0.6 is 23.2 Å². The van der Waals surface area contributed by atoms with Gasteiger partial charge in [0.1, 0.15) is 0 Å². The van der Waals surface area contributed by atoms with Crippen molar-refractivity contribution in [2.24, 2.45) is 0 Å². The standard InChI is InChI=1S/C20H25Cl2N3O/c21-19-3-1-4-20(22)18(19)16-25(15-17-5-7-23-8-6-17)10-2-9-24-11-13-26-14-12-24/h1,3-8H,2,9-16H2. The topological polar surface area (TPSA) is 28.6 Å². The van der Waals surface area contributed by atoms with Crippen molar-refractivity contribution in [1.82, 2.24) is 14.8 Å². The molecule has 0 bridgehead atoms. The summed E-state index contributed by atoms with van der Waals surface area (Å²) in [5, 5.41) is 1.45. The Morgan fingerprint density at radius 1 is 1.00 bits per heavy atom. The summed E-state index contributed by atoms with van der Waals surface area (Å²) in [5.74, 6) is 0. The molecule has 0 unspecified atom stereocenters. The lowest BCUT2D eigenvalue weighted by Crippen LogP contribution is -2.38. The van der Waals surface area contributed by atoms with Gasteiger partial charge in [0.25, 0.3) is 0 Å². The molecule has 140 valence electrons. The molecule has 3 rings (SSSR count). The Hall–Kier alpha value is -1.17. The van der Waals surface area contributed by atoms with Gasteiger partial charge in [-0.25, -0.2) is 0 Å². The van der Waals surface area contributed by atoms with Crippen molar-refractivity contribution in [2.45, 2.75) is 19.5 Å². The molecule has 0 spiro atoms. The van der Waals surface area contributed by atoms with Crippen molar-refractivity contribution in [2.75, 3.05) is 39.4 Å². The van der Waals surface area contributed by atoms with Crippen LogP contribution in [0.5, 0.6) is 0 Å². The normalized spacial score (nSPS) is 15.5. The van der Waals surface area contributed by atoms with Gasteiger partial charge in [0.15, 0.2) is 0 Å². The fourth-order valence-corrected chi connectivity index (χ4v) is 3.73. The summed E-state index contributed by atoms with van der Waals surface area (Å²) in [6.45, 7) is 7.41. The van der Waals surface area contributed by atoms with E-state index in [9.17, 15) is 0 Å². The molecular formula is C20H25Cl2N3O. The zero-order valence-electron chi connectivity index (χ0n) is 14.9. The number of halogens is 2. The van der Waals surface area contributed by atoms with E-state index in [1.54, 1.807) is 0 Å². The summed E-state index contributed by atoms with van der Waals surface area (Å²) in [6, 6.07) is 9.81. The van der Waals surface area contributed by atoms with Crippen molar-refractivity contribution in [3.8, 4) is 0 Å². The number of aromatic nitrogens is 1. The highest BCUT2D eigenvalue weighted by Crippen LogP contribution is 2.26. The van der Waals surface area contributed by atoms with E-state index in [0.29, 0.717) is 0 Å². The SMILES string of the molecule is Clc1cccc(Cl)c1CN(CCCN1CCOCC1)Cc1ccncc1. The van der Waals surface area contributed by atoms with E-state index in [1.165, 1.54) is 5.56 Å². The van der Waals surface area contributed by atoms with Crippen LogP contribution < -0.4 is 0 Å². The first-order valence-electron chi connectivity index (χ1n) is 9.06. The third kappa shape index (κ3) is 5.93. The summed E-state index contributed by atoms with van der Waals surface area (Å²) in [7, 11) is 0. The van der Waals surface area contributed by atoms with Gasteiger partial charge < -0.3 is 4.74 Å². The summed E-state index contributed by atoms with van der Waals surface area (Å²) in [4.78, 5) is 8.98. The Morgan fingerprint density at radius 2 is 1.69 bits per heavy atom. The van der Waals surface area contributed by atoms with Gasteiger partial charge in [0.05, 0.1) is 13.2 Å². The van der Waals surface area contributed by atoms with Crippen LogP contribution in [-0.2, 0) is 17.8 Å². The van der Waals surface area contributed by atoms with Crippen LogP contribution in [0, 0.1) is 0 Å². The highest BCUT2D eigenvalue weighted by Gasteiger charge is 2.14.